The molecule has 1 aromatic carbocycles. The minimum atomic E-state index is 0.325. The second-order valence-corrected chi connectivity index (χ2v) is 4.43. The first-order valence-electron chi connectivity index (χ1n) is 5.56. The van der Waals surface area contributed by atoms with Gasteiger partial charge in [-0.25, -0.2) is 0 Å². The van der Waals surface area contributed by atoms with E-state index in [1.807, 2.05) is 12.4 Å². The summed E-state index contributed by atoms with van der Waals surface area (Å²) in [6.07, 6.45) is 7.01. The highest BCUT2D eigenvalue weighted by atomic mass is 16.5. The fourth-order valence-electron chi connectivity index (χ4n) is 2.79. The monoisotopic (exact) mass is 201 g/mol. The third-order valence-corrected chi connectivity index (χ3v) is 3.51. The fraction of sp³-hybridized carbons (Fsp3) is 0.462. The average Bonchev–Trinajstić information content (AvgIpc) is 2.29. The first kappa shape index (κ1) is 8.87. The van der Waals surface area contributed by atoms with Crippen molar-refractivity contribution in [1.29, 1.82) is 0 Å². The van der Waals surface area contributed by atoms with Crippen LogP contribution >= 0.6 is 0 Å². The second kappa shape index (κ2) is 3.32. The van der Waals surface area contributed by atoms with Crippen molar-refractivity contribution in [2.75, 3.05) is 0 Å². The zero-order valence-corrected chi connectivity index (χ0v) is 8.53. The highest BCUT2D eigenvalue weighted by Crippen LogP contribution is 2.44. The van der Waals surface area contributed by atoms with E-state index in [-0.39, 0.29) is 0 Å². The van der Waals surface area contributed by atoms with Gasteiger partial charge in [0.25, 0.3) is 5.56 Å². The molecule has 0 aromatic heterocycles. The highest BCUT2D eigenvalue weighted by molar-refractivity contribution is 5.81. The maximum Gasteiger partial charge on any atom is 0.307 e. The molecular formula is C13H13O2+. The van der Waals surface area contributed by atoms with Crippen molar-refractivity contribution >= 4 is 6.29 Å². The van der Waals surface area contributed by atoms with E-state index in [0.717, 1.165) is 18.6 Å². The minimum absolute atomic E-state index is 0.325. The predicted molar refractivity (Wildman–Crippen MR) is 56.9 cm³/mol. The van der Waals surface area contributed by atoms with Gasteiger partial charge >= 0.3 is 6.29 Å². The summed E-state index contributed by atoms with van der Waals surface area (Å²) < 4.78 is 5.86. The van der Waals surface area contributed by atoms with Crippen LogP contribution in [-0.4, -0.2) is 12.4 Å². The van der Waals surface area contributed by atoms with E-state index in [4.69, 9.17) is 4.74 Å². The maximum absolute atomic E-state index is 10.8. The molecule has 2 nitrogen and oxygen atoms in total. The van der Waals surface area contributed by atoms with Gasteiger partial charge in [-0.15, -0.1) is 4.79 Å². The van der Waals surface area contributed by atoms with Crippen molar-refractivity contribution in [3.63, 3.8) is 0 Å². The quantitative estimate of drug-likeness (QED) is 0.653. The van der Waals surface area contributed by atoms with Gasteiger partial charge < -0.3 is 4.74 Å². The molecule has 76 valence electrons. The number of fused-ring (bicyclic) bond motifs is 4. The normalized spacial score (nSPS) is 27.5. The van der Waals surface area contributed by atoms with Crippen molar-refractivity contribution in [3.05, 3.63) is 29.3 Å². The molecule has 2 heteroatoms. The number of hydrogen-bond donors (Lipinski definition) is 0. The summed E-state index contributed by atoms with van der Waals surface area (Å²) in [5.74, 6) is 1.40. The first-order chi connectivity index (χ1) is 7.38. The third-order valence-electron chi connectivity index (χ3n) is 3.51. The summed E-state index contributed by atoms with van der Waals surface area (Å²) >= 11 is 0. The van der Waals surface area contributed by atoms with Gasteiger partial charge in [-0.1, -0.05) is 0 Å². The van der Waals surface area contributed by atoms with E-state index in [9.17, 15) is 4.79 Å². The molecular weight excluding hydrogens is 188 g/mol. The number of rotatable bonds is 1. The molecule has 2 atom stereocenters. The Labute approximate surface area is 89.2 Å². The summed E-state index contributed by atoms with van der Waals surface area (Å²) in [6, 6.07) is 5.80. The topological polar surface area (TPSA) is 26.3 Å². The number of carbonyl (C=O) groups excluding carboxylic acids is 1. The molecule has 3 rings (SSSR count). The van der Waals surface area contributed by atoms with Gasteiger partial charge in [-0.05, 0) is 37.8 Å². The summed E-state index contributed by atoms with van der Waals surface area (Å²) in [7, 11) is 0. The molecule has 1 heterocycles. The van der Waals surface area contributed by atoms with Crippen LogP contribution in [0.15, 0.2) is 18.2 Å². The fourth-order valence-corrected chi connectivity index (χ4v) is 2.79. The van der Waals surface area contributed by atoms with Gasteiger partial charge in [0.15, 0.2) is 0 Å². The van der Waals surface area contributed by atoms with Gasteiger partial charge in [0.1, 0.15) is 6.10 Å². The smallest absolute Gasteiger partial charge is 0.307 e. The van der Waals surface area contributed by atoms with Crippen LogP contribution in [0.25, 0.3) is 0 Å². The van der Waals surface area contributed by atoms with E-state index in [1.165, 1.54) is 18.4 Å². The Bertz CT molecular complexity index is 398. The van der Waals surface area contributed by atoms with Gasteiger partial charge in [0.2, 0.25) is 5.75 Å². The predicted octanol–water partition coefficient (Wildman–Crippen LogP) is 2.56. The molecule has 0 saturated heterocycles. The lowest BCUT2D eigenvalue weighted by atomic mass is 9.79. The van der Waals surface area contributed by atoms with Crippen LogP contribution in [0.1, 0.15) is 42.7 Å². The van der Waals surface area contributed by atoms with E-state index >= 15 is 0 Å². The lowest BCUT2D eigenvalue weighted by Crippen LogP contribution is -2.30. The van der Waals surface area contributed by atoms with Crippen molar-refractivity contribution in [2.45, 2.75) is 37.7 Å². The third kappa shape index (κ3) is 1.33. The second-order valence-electron chi connectivity index (χ2n) is 4.43. The van der Waals surface area contributed by atoms with Crippen molar-refractivity contribution < 1.29 is 9.53 Å². The van der Waals surface area contributed by atoms with Gasteiger partial charge in [-0.3, -0.25) is 0 Å². The molecule has 1 saturated carbocycles. The lowest BCUT2D eigenvalue weighted by molar-refractivity contribution is 0.119. The van der Waals surface area contributed by atoms with Crippen molar-refractivity contribution in [1.82, 2.24) is 0 Å². The zero-order chi connectivity index (χ0) is 10.3. The van der Waals surface area contributed by atoms with Crippen molar-refractivity contribution in [3.8, 4) is 5.75 Å². The first-order valence-corrected chi connectivity index (χ1v) is 5.56. The number of hydrogen-bond acceptors (Lipinski definition) is 2. The molecule has 2 aliphatic rings. The van der Waals surface area contributed by atoms with E-state index < -0.39 is 0 Å². The lowest BCUT2D eigenvalue weighted by Gasteiger charge is -2.33. The number of benzene rings is 1. The Kier molecular flexibility index (Phi) is 1.96. The van der Waals surface area contributed by atoms with Gasteiger partial charge in [-0.2, -0.15) is 0 Å². The molecule has 0 amide bonds. The standard InChI is InChI=1S/C13H13O2/c14-8-10-4-2-6-12-9-3-1-5-11(7-9)15-13(10)12/h2,4,6,9,11H,1,3,5,7H2/q+1. The molecule has 0 spiro atoms. The van der Waals surface area contributed by atoms with Crippen molar-refractivity contribution in [2.24, 2.45) is 0 Å². The van der Waals surface area contributed by atoms with E-state index in [2.05, 4.69) is 6.07 Å². The van der Waals surface area contributed by atoms with Gasteiger partial charge in [0, 0.05) is 5.92 Å². The summed E-state index contributed by atoms with van der Waals surface area (Å²) in [6.45, 7) is 0. The molecule has 1 aromatic rings. The molecule has 2 bridgehead atoms. The number of para-hydroxylation sites is 1. The minimum Gasteiger partial charge on any atom is -0.430 e. The Morgan fingerprint density at radius 2 is 2.27 bits per heavy atom. The van der Waals surface area contributed by atoms with Crippen LogP contribution in [0.3, 0.4) is 0 Å². The van der Waals surface area contributed by atoms with E-state index in [1.54, 1.807) is 6.07 Å². The maximum atomic E-state index is 10.8. The molecule has 15 heavy (non-hydrogen) atoms. The zero-order valence-electron chi connectivity index (χ0n) is 8.53. The Morgan fingerprint density at radius 3 is 3.13 bits per heavy atom. The van der Waals surface area contributed by atoms with Gasteiger partial charge in [0.05, 0.1) is 11.6 Å². The summed E-state index contributed by atoms with van der Waals surface area (Å²) in [5, 5.41) is 0. The Balaban J connectivity index is 2.11. The molecule has 2 unspecified atom stereocenters. The largest absolute Gasteiger partial charge is 0.430 e. The number of ether oxygens (including phenoxy) is 1. The van der Waals surface area contributed by atoms with Crippen LogP contribution in [0.2, 0.25) is 0 Å². The SMILES string of the molecule is O=[C+]c1cccc2c1OC1CCCC2C1. The van der Waals surface area contributed by atoms with Crippen LogP contribution in [0.5, 0.6) is 5.75 Å². The Hall–Kier alpha value is -1.40. The van der Waals surface area contributed by atoms with E-state index in [0.29, 0.717) is 17.6 Å². The molecule has 1 aliphatic carbocycles. The van der Waals surface area contributed by atoms with Crippen LogP contribution in [0.4, 0.5) is 0 Å². The highest BCUT2D eigenvalue weighted by Gasteiger charge is 2.37. The van der Waals surface area contributed by atoms with Crippen LogP contribution in [-0.2, 0) is 4.79 Å². The van der Waals surface area contributed by atoms with Crippen LogP contribution < -0.4 is 4.74 Å². The molecule has 1 aliphatic heterocycles. The Morgan fingerprint density at radius 1 is 1.33 bits per heavy atom. The molecule has 0 N–H and O–H groups in total. The molecule has 1 fully saturated rings. The summed E-state index contributed by atoms with van der Waals surface area (Å²) in [4.78, 5) is 10.8. The average molecular weight is 201 g/mol. The summed E-state index contributed by atoms with van der Waals surface area (Å²) in [5.41, 5.74) is 1.80. The molecule has 0 radical (unpaired) electrons. The van der Waals surface area contributed by atoms with Crippen LogP contribution in [0, 0.1) is 0 Å².